The Kier molecular flexibility index (Phi) is 5.22. The number of benzene rings is 1. The summed E-state index contributed by atoms with van der Waals surface area (Å²) in [6, 6.07) is 5.72. The molecule has 0 heterocycles. The molecule has 1 N–H and O–H groups in total. The van der Waals surface area contributed by atoms with Crippen LogP contribution in [0.25, 0.3) is 0 Å². The maximum atomic E-state index is 11.6. The molecule has 1 saturated carbocycles. The van der Waals surface area contributed by atoms with Crippen LogP contribution in [0.5, 0.6) is 5.75 Å². The number of nitrogens with one attached hydrogen (secondary N) is 1. The zero-order chi connectivity index (χ0) is 13.7. The number of rotatable bonds is 5. The van der Waals surface area contributed by atoms with Crippen LogP contribution in [0, 0.1) is 6.92 Å². The van der Waals surface area contributed by atoms with Crippen LogP contribution in [0.4, 0.5) is 0 Å². The van der Waals surface area contributed by atoms with Crippen LogP contribution in [0.2, 0.25) is 0 Å². The van der Waals surface area contributed by atoms with Crippen LogP contribution >= 0.6 is 15.9 Å². The van der Waals surface area contributed by atoms with E-state index in [1.807, 2.05) is 25.1 Å². The van der Waals surface area contributed by atoms with E-state index in [1.165, 1.54) is 12.8 Å². The Bertz CT molecular complexity index is 444. The molecule has 1 aliphatic carbocycles. The summed E-state index contributed by atoms with van der Waals surface area (Å²) >= 11 is 3.40. The van der Waals surface area contributed by atoms with Crippen LogP contribution in [-0.2, 0) is 9.63 Å². The van der Waals surface area contributed by atoms with Crippen molar-refractivity contribution in [3.63, 3.8) is 0 Å². The zero-order valence-electron chi connectivity index (χ0n) is 10.9. The summed E-state index contributed by atoms with van der Waals surface area (Å²) in [5.41, 5.74) is 3.58. The van der Waals surface area contributed by atoms with Crippen molar-refractivity contribution in [3.05, 3.63) is 28.2 Å². The van der Waals surface area contributed by atoms with Gasteiger partial charge in [-0.3, -0.25) is 9.63 Å². The van der Waals surface area contributed by atoms with Crippen molar-refractivity contribution in [1.82, 2.24) is 5.48 Å². The fraction of sp³-hybridized carbons (Fsp3) is 0.500. The molecule has 0 spiro atoms. The Morgan fingerprint density at radius 1 is 1.42 bits per heavy atom. The standard InChI is InChI=1S/C14H18BrNO3/c1-10-6-7-13(12(15)8-10)18-9-14(17)16-19-11-4-2-3-5-11/h6-8,11H,2-5,9H2,1H3,(H,16,17). The first-order valence-electron chi connectivity index (χ1n) is 6.48. The largest absolute Gasteiger partial charge is 0.483 e. The van der Waals surface area contributed by atoms with Gasteiger partial charge in [0, 0.05) is 0 Å². The third-order valence-corrected chi connectivity index (χ3v) is 3.71. The fourth-order valence-corrected chi connectivity index (χ4v) is 2.66. The lowest BCUT2D eigenvalue weighted by molar-refractivity contribution is -0.140. The van der Waals surface area contributed by atoms with Crippen LogP contribution in [0.3, 0.4) is 0 Å². The van der Waals surface area contributed by atoms with Crippen LogP contribution in [0.1, 0.15) is 31.2 Å². The van der Waals surface area contributed by atoms with Gasteiger partial charge in [-0.1, -0.05) is 18.9 Å². The number of aryl methyl sites for hydroxylation is 1. The molecule has 0 saturated heterocycles. The van der Waals surface area contributed by atoms with Gasteiger partial charge < -0.3 is 4.74 Å². The van der Waals surface area contributed by atoms with E-state index in [-0.39, 0.29) is 18.6 Å². The highest BCUT2D eigenvalue weighted by Crippen LogP contribution is 2.25. The van der Waals surface area contributed by atoms with Crippen molar-refractivity contribution in [2.75, 3.05) is 6.61 Å². The van der Waals surface area contributed by atoms with E-state index in [1.54, 1.807) is 0 Å². The third kappa shape index (κ3) is 4.51. The number of carbonyl (C=O) groups is 1. The molecule has 0 aliphatic heterocycles. The zero-order valence-corrected chi connectivity index (χ0v) is 12.5. The molecule has 1 aromatic carbocycles. The first kappa shape index (κ1) is 14.3. The average molecular weight is 328 g/mol. The Labute approximate surface area is 121 Å². The van der Waals surface area contributed by atoms with Crippen molar-refractivity contribution in [2.24, 2.45) is 0 Å². The van der Waals surface area contributed by atoms with Gasteiger partial charge in [0.2, 0.25) is 0 Å². The van der Waals surface area contributed by atoms with Gasteiger partial charge in [0.1, 0.15) is 5.75 Å². The molecule has 1 aromatic rings. The first-order valence-corrected chi connectivity index (χ1v) is 7.28. The van der Waals surface area contributed by atoms with Gasteiger partial charge in [-0.2, -0.15) is 0 Å². The molecule has 1 aliphatic rings. The number of halogens is 1. The Balaban J connectivity index is 1.73. The Morgan fingerprint density at radius 3 is 2.84 bits per heavy atom. The highest BCUT2D eigenvalue weighted by molar-refractivity contribution is 9.10. The summed E-state index contributed by atoms with van der Waals surface area (Å²) in [6.45, 7) is 1.95. The molecular weight excluding hydrogens is 310 g/mol. The van der Waals surface area contributed by atoms with Crippen LogP contribution in [0.15, 0.2) is 22.7 Å². The van der Waals surface area contributed by atoms with E-state index >= 15 is 0 Å². The highest BCUT2D eigenvalue weighted by Gasteiger charge is 2.17. The Morgan fingerprint density at radius 2 is 2.16 bits per heavy atom. The van der Waals surface area contributed by atoms with E-state index in [4.69, 9.17) is 9.57 Å². The maximum Gasteiger partial charge on any atom is 0.281 e. The predicted octanol–water partition coefficient (Wildman–Crippen LogP) is 3.13. The molecule has 0 radical (unpaired) electrons. The molecular formula is C14H18BrNO3. The van der Waals surface area contributed by atoms with E-state index in [9.17, 15) is 4.79 Å². The van der Waals surface area contributed by atoms with Crippen molar-refractivity contribution in [1.29, 1.82) is 0 Å². The second-order valence-corrected chi connectivity index (χ2v) is 5.63. The fourth-order valence-electron chi connectivity index (χ4n) is 2.05. The molecule has 2 rings (SSSR count). The predicted molar refractivity (Wildman–Crippen MR) is 75.9 cm³/mol. The van der Waals surface area contributed by atoms with E-state index in [0.717, 1.165) is 22.9 Å². The summed E-state index contributed by atoms with van der Waals surface area (Å²) < 4.78 is 6.27. The molecule has 19 heavy (non-hydrogen) atoms. The summed E-state index contributed by atoms with van der Waals surface area (Å²) in [5, 5.41) is 0. The molecule has 104 valence electrons. The monoisotopic (exact) mass is 327 g/mol. The molecule has 1 fully saturated rings. The topological polar surface area (TPSA) is 47.6 Å². The third-order valence-electron chi connectivity index (χ3n) is 3.09. The van der Waals surface area contributed by atoms with Gasteiger partial charge in [-0.05, 0) is 53.4 Å². The van der Waals surface area contributed by atoms with Crippen LogP contribution in [-0.4, -0.2) is 18.6 Å². The molecule has 0 bridgehead atoms. The second-order valence-electron chi connectivity index (χ2n) is 4.77. The number of carbonyl (C=O) groups excluding carboxylic acids is 1. The quantitative estimate of drug-likeness (QED) is 0.845. The Hall–Kier alpha value is -1.07. The lowest BCUT2D eigenvalue weighted by Crippen LogP contribution is -2.32. The summed E-state index contributed by atoms with van der Waals surface area (Å²) in [7, 11) is 0. The molecule has 0 atom stereocenters. The minimum atomic E-state index is -0.264. The van der Waals surface area contributed by atoms with E-state index in [0.29, 0.717) is 5.75 Å². The van der Waals surface area contributed by atoms with Crippen LogP contribution < -0.4 is 10.2 Å². The normalized spacial score (nSPS) is 15.5. The smallest absolute Gasteiger partial charge is 0.281 e. The van der Waals surface area contributed by atoms with E-state index < -0.39 is 0 Å². The molecule has 1 amide bonds. The van der Waals surface area contributed by atoms with Gasteiger partial charge in [0.15, 0.2) is 6.61 Å². The average Bonchev–Trinajstić information content (AvgIpc) is 2.88. The minimum absolute atomic E-state index is 0.0472. The second kappa shape index (κ2) is 6.91. The first-order chi connectivity index (χ1) is 9.15. The number of amides is 1. The SMILES string of the molecule is Cc1ccc(OCC(=O)NOC2CCCC2)c(Br)c1. The van der Waals surface area contributed by atoms with Gasteiger partial charge in [0.05, 0.1) is 10.6 Å². The molecule has 5 heteroatoms. The van der Waals surface area contributed by atoms with Crippen molar-refractivity contribution < 1.29 is 14.4 Å². The minimum Gasteiger partial charge on any atom is -0.483 e. The summed E-state index contributed by atoms with van der Waals surface area (Å²) in [4.78, 5) is 16.9. The molecule has 0 aromatic heterocycles. The lowest BCUT2D eigenvalue weighted by atomic mass is 10.2. The van der Waals surface area contributed by atoms with Crippen molar-refractivity contribution in [3.8, 4) is 5.75 Å². The number of hydrogen-bond donors (Lipinski definition) is 1. The van der Waals surface area contributed by atoms with Gasteiger partial charge >= 0.3 is 0 Å². The van der Waals surface area contributed by atoms with Gasteiger partial charge in [0.25, 0.3) is 5.91 Å². The maximum absolute atomic E-state index is 11.6. The van der Waals surface area contributed by atoms with Crippen molar-refractivity contribution in [2.45, 2.75) is 38.7 Å². The summed E-state index contributed by atoms with van der Waals surface area (Å²) in [6.07, 6.45) is 4.55. The molecule has 4 nitrogen and oxygen atoms in total. The summed E-state index contributed by atoms with van der Waals surface area (Å²) in [5.74, 6) is 0.390. The number of ether oxygens (including phenoxy) is 1. The van der Waals surface area contributed by atoms with Gasteiger partial charge in [-0.15, -0.1) is 0 Å². The highest BCUT2D eigenvalue weighted by atomic mass is 79.9. The number of hydroxylamine groups is 1. The van der Waals surface area contributed by atoms with Crippen molar-refractivity contribution >= 4 is 21.8 Å². The van der Waals surface area contributed by atoms with E-state index in [2.05, 4.69) is 21.4 Å². The number of hydrogen-bond acceptors (Lipinski definition) is 3. The molecule has 0 unspecified atom stereocenters. The lowest BCUT2D eigenvalue weighted by Gasteiger charge is -2.12. The van der Waals surface area contributed by atoms with Gasteiger partial charge in [-0.25, -0.2) is 5.48 Å².